The Morgan fingerprint density at radius 3 is 2.44 bits per heavy atom. The van der Waals surface area contributed by atoms with Gasteiger partial charge in [-0.1, -0.05) is 19.9 Å². The normalized spacial score (nSPS) is 15.7. The quantitative estimate of drug-likeness (QED) is 0.855. The summed E-state index contributed by atoms with van der Waals surface area (Å²) in [5.41, 5.74) is 0.668. The highest BCUT2D eigenvalue weighted by atomic mass is 19.4. The van der Waals surface area contributed by atoms with Crippen LogP contribution in [0.3, 0.4) is 0 Å². The van der Waals surface area contributed by atoms with Gasteiger partial charge in [-0.25, -0.2) is 0 Å². The molecule has 6 heteroatoms. The van der Waals surface area contributed by atoms with E-state index in [0.717, 1.165) is 0 Å². The van der Waals surface area contributed by atoms with Gasteiger partial charge in [0, 0.05) is 12.7 Å². The number of pyridine rings is 1. The van der Waals surface area contributed by atoms with E-state index in [1.165, 1.54) is 0 Å². The number of aliphatic hydroxyl groups is 1. The summed E-state index contributed by atoms with van der Waals surface area (Å²) < 4.78 is 36.6. The van der Waals surface area contributed by atoms with Gasteiger partial charge in [0.15, 0.2) is 6.10 Å². The minimum atomic E-state index is -4.60. The molecule has 0 radical (unpaired) electrons. The highest BCUT2D eigenvalue weighted by Crippen LogP contribution is 2.22. The van der Waals surface area contributed by atoms with Crippen LogP contribution in [0.4, 0.5) is 13.2 Å². The van der Waals surface area contributed by atoms with Crippen LogP contribution in [-0.4, -0.2) is 28.9 Å². The fourth-order valence-corrected chi connectivity index (χ4v) is 1.60. The summed E-state index contributed by atoms with van der Waals surface area (Å²) in [6.07, 6.45) is -5.37. The Balaban J connectivity index is 2.66. The number of hydrogen-bond acceptors (Lipinski definition) is 3. The van der Waals surface area contributed by atoms with Crippen LogP contribution in [-0.2, 0) is 0 Å². The molecular formula is C12H17F3N2O. The number of nitrogens with one attached hydrogen (secondary N) is 1. The lowest BCUT2D eigenvalue weighted by atomic mass is 10.00. The van der Waals surface area contributed by atoms with Crippen molar-refractivity contribution in [2.45, 2.75) is 32.2 Å². The van der Waals surface area contributed by atoms with Crippen molar-refractivity contribution in [3.8, 4) is 0 Å². The summed E-state index contributed by atoms with van der Waals surface area (Å²) in [6, 6.07) is 4.95. The molecule has 0 aliphatic heterocycles. The number of aromatic nitrogens is 1. The van der Waals surface area contributed by atoms with Crippen LogP contribution in [0.15, 0.2) is 24.4 Å². The molecule has 2 N–H and O–H groups in total. The molecule has 0 spiro atoms. The zero-order valence-electron chi connectivity index (χ0n) is 10.3. The van der Waals surface area contributed by atoms with Gasteiger partial charge in [-0.3, -0.25) is 4.98 Å². The number of nitrogens with zero attached hydrogens (tertiary/aromatic N) is 1. The highest BCUT2D eigenvalue weighted by Gasteiger charge is 2.38. The zero-order valence-corrected chi connectivity index (χ0v) is 10.3. The Hall–Kier alpha value is -1.14. The van der Waals surface area contributed by atoms with Crippen LogP contribution < -0.4 is 5.32 Å². The van der Waals surface area contributed by atoms with Gasteiger partial charge in [0.05, 0.1) is 11.7 Å². The third kappa shape index (κ3) is 4.27. The van der Waals surface area contributed by atoms with E-state index in [4.69, 9.17) is 5.11 Å². The lowest BCUT2D eigenvalue weighted by molar-refractivity contribution is -0.202. The van der Waals surface area contributed by atoms with Crippen LogP contribution in [0.5, 0.6) is 0 Å². The average molecular weight is 262 g/mol. The smallest absolute Gasteiger partial charge is 0.382 e. The summed E-state index contributed by atoms with van der Waals surface area (Å²) in [7, 11) is 0. The number of halogens is 3. The van der Waals surface area contributed by atoms with Crippen molar-refractivity contribution in [1.29, 1.82) is 0 Å². The summed E-state index contributed by atoms with van der Waals surface area (Å²) in [6.45, 7) is 3.22. The second-order valence-corrected chi connectivity index (χ2v) is 4.44. The predicted octanol–water partition coefficient (Wildman–Crippen LogP) is 2.29. The van der Waals surface area contributed by atoms with Gasteiger partial charge in [-0.2, -0.15) is 13.2 Å². The van der Waals surface area contributed by atoms with E-state index in [1.54, 1.807) is 24.4 Å². The largest absolute Gasteiger partial charge is 0.415 e. The van der Waals surface area contributed by atoms with Crippen molar-refractivity contribution in [3.05, 3.63) is 30.1 Å². The Kier molecular flexibility index (Phi) is 5.10. The van der Waals surface area contributed by atoms with E-state index < -0.39 is 18.8 Å². The summed E-state index contributed by atoms with van der Waals surface area (Å²) in [5.74, 6) is 0.0698. The molecule has 1 aromatic rings. The topological polar surface area (TPSA) is 45.1 Å². The molecular weight excluding hydrogens is 245 g/mol. The van der Waals surface area contributed by atoms with E-state index in [9.17, 15) is 13.2 Å². The third-order valence-electron chi connectivity index (χ3n) is 2.58. The third-order valence-corrected chi connectivity index (χ3v) is 2.58. The van der Waals surface area contributed by atoms with E-state index >= 15 is 0 Å². The molecule has 18 heavy (non-hydrogen) atoms. The average Bonchev–Trinajstić information content (AvgIpc) is 2.28. The number of rotatable bonds is 5. The standard InChI is InChI=1S/C12H17F3N2O/c1-8(2)11(9-5-3-4-6-16-9)17-7-10(18)12(13,14)15/h3-6,8,10-11,17-18H,7H2,1-2H3/t10-,11+/m1/s1. The molecule has 0 saturated heterocycles. The Bertz CT molecular complexity index is 354. The molecule has 0 fully saturated rings. The molecule has 0 bridgehead atoms. The number of aliphatic hydroxyl groups excluding tert-OH is 1. The monoisotopic (exact) mass is 262 g/mol. The molecule has 0 aliphatic rings. The van der Waals surface area contributed by atoms with Crippen molar-refractivity contribution in [2.75, 3.05) is 6.54 Å². The molecule has 0 amide bonds. The molecule has 0 unspecified atom stereocenters. The molecule has 2 atom stereocenters. The molecule has 1 heterocycles. The molecule has 0 saturated carbocycles. The lowest BCUT2D eigenvalue weighted by Crippen LogP contribution is -2.41. The van der Waals surface area contributed by atoms with Crippen molar-refractivity contribution in [2.24, 2.45) is 5.92 Å². The maximum atomic E-state index is 12.2. The van der Waals surface area contributed by atoms with Crippen LogP contribution in [0.1, 0.15) is 25.6 Å². The first-order valence-corrected chi connectivity index (χ1v) is 5.71. The van der Waals surface area contributed by atoms with E-state index in [-0.39, 0.29) is 12.0 Å². The van der Waals surface area contributed by atoms with E-state index in [0.29, 0.717) is 5.69 Å². The summed E-state index contributed by atoms with van der Waals surface area (Å²) in [4.78, 5) is 4.12. The number of alkyl halides is 3. The van der Waals surface area contributed by atoms with Gasteiger partial charge in [0.25, 0.3) is 0 Å². The maximum Gasteiger partial charge on any atom is 0.415 e. The summed E-state index contributed by atoms with van der Waals surface area (Å²) in [5, 5.41) is 11.7. The first-order chi connectivity index (χ1) is 8.32. The first-order valence-electron chi connectivity index (χ1n) is 5.71. The second kappa shape index (κ2) is 6.15. The van der Waals surface area contributed by atoms with Crippen LogP contribution >= 0.6 is 0 Å². The minimum absolute atomic E-state index is 0.0698. The number of hydrogen-bond donors (Lipinski definition) is 2. The molecule has 0 aromatic carbocycles. The first kappa shape index (κ1) is 14.9. The van der Waals surface area contributed by atoms with Gasteiger partial charge in [0.1, 0.15) is 0 Å². The van der Waals surface area contributed by atoms with Crippen molar-refractivity contribution < 1.29 is 18.3 Å². The van der Waals surface area contributed by atoms with E-state index in [1.807, 2.05) is 13.8 Å². The van der Waals surface area contributed by atoms with Crippen molar-refractivity contribution >= 4 is 0 Å². The van der Waals surface area contributed by atoms with Gasteiger partial charge in [0.2, 0.25) is 0 Å². The van der Waals surface area contributed by atoms with Gasteiger partial charge < -0.3 is 10.4 Å². The van der Waals surface area contributed by atoms with Crippen LogP contribution in [0.25, 0.3) is 0 Å². The maximum absolute atomic E-state index is 12.2. The fourth-order valence-electron chi connectivity index (χ4n) is 1.60. The SMILES string of the molecule is CC(C)[C@H](NC[C@@H](O)C(F)(F)F)c1ccccn1. The van der Waals surface area contributed by atoms with Crippen molar-refractivity contribution in [1.82, 2.24) is 10.3 Å². The van der Waals surface area contributed by atoms with Crippen molar-refractivity contribution in [3.63, 3.8) is 0 Å². The minimum Gasteiger partial charge on any atom is -0.382 e. The predicted molar refractivity (Wildman–Crippen MR) is 61.9 cm³/mol. The zero-order chi connectivity index (χ0) is 13.8. The highest BCUT2D eigenvalue weighted by molar-refractivity contribution is 5.09. The van der Waals surface area contributed by atoms with Gasteiger partial charge >= 0.3 is 6.18 Å². The van der Waals surface area contributed by atoms with Gasteiger partial charge in [-0.15, -0.1) is 0 Å². The Morgan fingerprint density at radius 1 is 1.33 bits per heavy atom. The Morgan fingerprint density at radius 2 is 2.00 bits per heavy atom. The van der Waals surface area contributed by atoms with Crippen LogP contribution in [0, 0.1) is 5.92 Å². The molecule has 1 aromatic heterocycles. The lowest BCUT2D eigenvalue weighted by Gasteiger charge is -2.24. The van der Waals surface area contributed by atoms with Gasteiger partial charge in [-0.05, 0) is 18.1 Å². The molecule has 102 valence electrons. The molecule has 0 aliphatic carbocycles. The fraction of sp³-hybridized carbons (Fsp3) is 0.583. The second-order valence-electron chi connectivity index (χ2n) is 4.44. The van der Waals surface area contributed by atoms with E-state index in [2.05, 4.69) is 10.3 Å². The summed E-state index contributed by atoms with van der Waals surface area (Å²) >= 11 is 0. The van der Waals surface area contributed by atoms with Crippen LogP contribution in [0.2, 0.25) is 0 Å². The Labute approximate surface area is 104 Å². The molecule has 1 rings (SSSR count). The molecule has 3 nitrogen and oxygen atoms in total.